The molecule has 1 amide bonds. The summed E-state index contributed by atoms with van der Waals surface area (Å²) in [6, 6.07) is 10.1. The van der Waals surface area contributed by atoms with E-state index in [1.54, 1.807) is 30.5 Å². The number of benzene rings is 2. The summed E-state index contributed by atoms with van der Waals surface area (Å²) in [5.41, 5.74) is 10.7. The Bertz CT molecular complexity index is 1110. The average Bonchev–Trinajstić information content (AvgIpc) is 3.33. The van der Waals surface area contributed by atoms with E-state index in [1.807, 2.05) is 29.7 Å². The molecule has 0 aromatic heterocycles. The summed E-state index contributed by atoms with van der Waals surface area (Å²) in [7, 11) is 0. The number of nitrogens with one attached hydrogen (secondary N) is 1. The zero-order valence-electron chi connectivity index (χ0n) is 19.9. The van der Waals surface area contributed by atoms with Crippen molar-refractivity contribution in [3.8, 4) is 0 Å². The fourth-order valence-electron chi connectivity index (χ4n) is 4.97. The summed E-state index contributed by atoms with van der Waals surface area (Å²) in [6.07, 6.45) is 3.73. The molecule has 186 valence electrons. The topological polar surface area (TPSA) is 77.2 Å². The quantitative estimate of drug-likeness (QED) is 0.355. The third kappa shape index (κ3) is 5.67. The van der Waals surface area contributed by atoms with Crippen LogP contribution in [-0.4, -0.2) is 60.4 Å². The van der Waals surface area contributed by atoms with E-state index in [1.165, 1.54) is 6.07 Å². The lowest BCUT2D eigenvalue weighted by molar-refractivity contribution is 0.0574. The van der Waals surface area contributed by atoms with E-state index in [9.17, 15) is 4.79 Å². The molecule has 0 bridgehead atoms. The van der Waals surface area contributed by atoms with Crippen molar-refractivity contribution in [2.45, 2.75) is 38.8 Å². The molecule has 2 saturated heterocycles. The molecule has 2 heterocycles. The largest absolute Gasteiger partial charge is 0.375 e. The lowest BCUT2D eigenvalue weighted by Crippen LogP contribution is -2.59. The Morgan fingerprint density at radius 1 is 1.11 bits per heavy atom. The molecule has 0 radical (unpaired) electrons. The molecular weight excluding hydrogens is 487 g/mol. The van der Waals surface area contributed by atoms with E-state index >= 15 is 4.39 Å². The van der Waals surface area contributed by atoms with Gasteiger partial charge in [-0.1, -0.05) is 11.6 Å². The number of carbonyl (C=O) groups is 1. The predicted molar refractivity (Wildman–Crippen MR) is 144 cm³/mol. The van der Waals surface area contributed by atoms with Crippen molar-refractivity contribution in [2.24, 2.45) is 10.8 Å². The van der Waals surface area contributed by atoms with Crippen LogP contribution in [0.2, 0.25) is 5.02 Å². The molecular formula is C25H30ClFN6OS. The molecule has 2 fully saturated rings. The van der Waals surface area contributed by atoms with Crippen molar-refractivity contribution in [1.82, 2.24) is 10.3 Å². The summed E-state index contributed by atoms with van der Waals surface area (Å²) < 4.78 is 15.4. The number of piperazine rings is 1. The van der Waals surface area contributed by atoms with Gasteiger partial charge in [-0.3, -0.25) is 10.2 Å². The Kier molecular flexibility index (Phi) is 7.76. The second kappa shape index (κ2) is 10.8. The summed E-state index contributed by atoms with van der Waals surface area (Å²) in [5.74, 6) is -0.377. The summed E-state index contributed by atoms with van der Waals surface area (Å²) in [4.78, 5) is 19.4. The van der Waals surface area contributed by atoms with Gasteiger partial charge >= 0.3 is 0 Å². The van der Waals surface area contributed by atoms with Gasteiger partial charge in [0.15, 0.2) is 5.11 Å². The van der Waals surface area contributed by atoms with Crippen LogP contribution in [0.4, 0.5) is 15.8 Å². The minimum absolute atomic E-state index is 0.0450. The smallest absolute Gasteiger partial charge is 0.254 e. The Labute approximate surface area is 215 Å². The number of nitrogens with two attached hydrogens (primary N) is 1. The molecule has 4 rings (SSSR count). The van der Waals surface area contributed by atoms with Crippen LogP contribution in [0.15, 0.2) is 41.5 Å². The van der Waals surface area contributed by atoms with Crippen LogP contribution >= 0.6 is 23.8 Å². The van der Waals surface area contributed by atoms with Gasteiger partial charge in [0, 0.05) is 60.1 Å². The first-order chi connectivity index (χ1) is 16.7. The maximum absolute atomic E-state index is 15.4. The number of hydrazone groups is 1. The highest BCUT2D eigenvalue weighted by Crippen LogP contribution is 2.33. The summed E-state index contributed by atoms with van der Waals surface area (Å²) >= 11 is 10.8. The molecule has 10 heteroatoms. The van der Waals surface area contributed by atoms with Gasteiger partial charge in [-0.15, -0.1) is 0 Å². The molecule has 2 aliphatic heterocycles. The Balaban J connectivity index is 1.59. The molecule has 2 aliphatic rings. The average molecular weight is 517 g/mol. The zero-order chi connectivity index (χ0) is 25.1. The first kappa shape index (κ1) is 25.2. The van der Waals surface area contributed by atoms with Crippen LogP contribution in [-0.2, 0) is 0 Å². The van der Waals surface area contributed by atoms with Gasteiger partial charge in [0.25, 0.3) is 5.91 Å². The second-order valence-electron chi connectivity index (χ2n) is 9.11. The molecule has 2 aromatic carbocycles. The zero-order valence-corrected chi connectivity index (χ0v) is 21.4. The minimum Gasteiger partial charge on any atom is -0.375 e. The highest BCUT2D eigenvalue weighted by atomic mass is 35.5. The van der Waals surface area contributed by atoms with Crippen LogP contribution < -0.4 is 21.0 Å². The molecule has 0 unspecified atom stereocenters. The molecule has 2 atom stereocenters. The third-order valence-corrected chi connectivity index (χ3v) is 6.85. The number of amides is 1. The van der Waals surface area contributed by atoms with E-state index in [0.29, 0.717) is 34.9 Å². The van der Waals surface area contributed by atoms with E-state index in [4.69, 9.17) is 29.6 Å². The van der Waals surface area contributed by atoms with Crippen LogP contribution in [0.3, 0.4) is 0 Å². The standard InChI is InChI=1S/C25H30ClFN6OS/c1-16-14-32(15-17(2)33(16)24(34)18-5-7-20(26)8-6-18)23-12-22(31-9-3-4-10-31)19(11-21(23)27)13-29-30-25(28)35/h5-8,11-13,16-17H,3-4,9-10,14-15H2,1-2H3,(H3,28,30,35)/b29-13+/t16-,17+. The molecule has 7 nitrogen and oxygen atoms in total. The third-order valence-electron chi connectivity index (χ3n) is 6.51. The van der Waals surface area contributed by atoms with Crippen molar-refractivity contribution >= 4 is 52.4 Å². The van der Waals surface area contributed by atoms with Gasteiger partial charge in [0.2, 0.25) is 0 Å². The molecule has 35 heavy (non-hydrogen) atoms. The summed E-state index contributed by atoms with van der Waals surface area (Å²) in [5, 5.41) is 4.68. The Hall–Kier alpha value is -2.91. The number of rotatable bonds is 5. The molecule has 3 N–H and O–H groups in total. The van der Waals surface area contributed by atoms with E-state index in [2.05, 4.69) is 15.4 Å². The highest BCUT2D eigenvalue weighted by molar-refractivity contribution is 7.80. The van der Waals surface area contributed by atoms with Gasteiger partial charge in [-0.2, -0.15) is 5.10 Å². The van der Waals surface area contributed by atoms with Crippen LogP contribution in [0.25, 0.3) is 0 Å². The second-order valence-corrected chi connectivity index (χ2v) is 9.99. The predicted octanol–water partition coefficient (Wildman–Crippen LogP) is 3.99. The number of hydrogen-bond acceptors (Lipinski definition) is 5. The number of thiocarbonyl (C=S) groups is 1. The lowest BCUT2D eigenvalue weighted by Gasteiger charge is -2.45. The normalized spacial score (nSPS) is 20.5. The first-order valence-electron chi connectivity index (χ1n) is 11.7. The van der Waals surface area contributed by atoms with Gasteiger partial charge in [-0.05, 0) is 75.3 Å². The van der Waals surface area contributed by atoms with Gasteiger partial charge in [0.1, 0.15) is 5.82 Å². The van der Waals surface area contributed by atoms with Crippen molar-refractivity contribution < 1.29 is 9.18 Å². The highest BCUT2D eigenvalue weighted by Gasteiger charge is 2.34. The van der Waals surface area contributed by atoms with E-state index in [-0.39, 0.29) is 28.9 Å². The van der Waals surface area contributed by atoms with Gasteiger partial charge in [0.05, 0.1) is 11.9 Å². The fourth-order valence-corrected chi connectivity index (χ4v) is 5.15. The van der Waals surface area contributed by atoms with E-state index in [0.717, 1.165) is 31.6 Å². The minimum atomic E-state index is -0.332. The monoisotopic (exact) mass is 516 g/mol. The SMILES string of the molecule is C[C@@H]1CN(c2cc(N3CCCC3)c(/C=N/NC(N)=S)cc2F)C[C@H](C)N1C(=O)c1ccc(Cl)cc1. The first-order valence-corrected chi connectivity index (χ1v) is 12.5. The lowest BCUT2D eigenvalue weighted by atomic mass is 10.0. The van der Waals surface area contributed by atoms with Crippen molar-refractivity contribution in [2.75, 3.05) is 36.0 Å². The molecule has 0 saturated carbocycles. The van der Waals surface area contributed by atoms with Gasteiger partial charge in [-0.25, -0.2) is 4.39 Å². The fraction of sp³-hybridized carbons (Fsp3) is 0.400. The van der Waals surface area contributed by atoms with Crippen molar-refractivity contribution in [3.63, 3.8) is 0 Å². The van der Waals surface area contributed by atoms with Gasteiger partial charge < -0.3 is 20.4 Å². The van der Waals surface area contributed by atoms with Crippen molar-refractivity contribution in [1.29, 1.82) is 0 Å². The van der Waals surface area contributed by atoms with Crippen molar-refractivity contribution in [3.05, 3.63) is 58.4 Å². The maximum Gasteiger partial charge on any atom is 0.254 e. The molecule has 0 spiro atoms. The Morgan fingerprint density at radius 2 is 1.74 bits per heavy atom. The van der Waals surface area contributed by atoms with Crippen LogP contribution in [0.1, 0.15) is 42.6 Å². The van der Waals surface area contributed by atoms with Crippen LogP contribution in [0, 0.1) is 5.82 Å². The Morgan fingerprint density at radius 3 is 2.34 bits per heavy atom. The number of carbonyl (C=O) groups excluding carboxylic acids is 1. The van der Waals surface area contributed by atoms with Crippen LogP contribution in [0.5, 0.6) is 0 Å². The van der Waals surface area contributed by atoms with E-state index < -0.39 is 0 Å². The molecule has 0 aliphatic carbocycles. The number of nitrogens with zero attached hydrogens (tertiary/aromatic N) is 4. The molecule has 2 aromatic rings. The maximum atomic E-state index is 15.4. The summed E-state index contributed by atoms with van der Waals surface area (Å²) in [6.45, 7) is 6.86. The number of halogens is 2. The number of hydrogen-bond donors (Lipinski definition) is 2. The number of anilines is 2.